The number of benzene rings is 1. The molecule has 0 aliphatic heterocycles. The van der Waals surface area contributed by atoms with E-state index in [0.29, 0.717) is 12.2 Å². The molecular weight excluding hydrogens is 282 g/mol. The number of para-hydroxylation sites is 1. The van der Waals surface area contributed by atoms with Gasteiger partial charge in [0.15, 0.2) is 0 Å². The summed E-state index contributed by atoms with van der Waals surface area (Å²) in [6.45, 7) is 0.608. The van der Waals surface area contributed by atoms with E-state index >= 15 is 0 Å². The van der Waals surface area contributed by atoms with Crippen molar-refractivity contribution < 1.29 is 15.0 Å². The van der Waals surface area contributed by atoms with Crippen molar-refractivity contribution in [2.24, 2.45) is 0 Å². The molecule has 1 heterocycles. The lowest BCUT2D eigenvalue weighted by Gasteiger charge is -2.15. The van der Waals surface area contributed by atoms with Crippen LogP contribution in [0.5, 0.6) is 0 Å². The minimum Gasteiger partial charge on any atom is -0.478 e. The summed E-state index contributed by atoms with van der Waals surface area (Å²) >= 11 is 0. The van der Waals surface area contributed by atoms with Crippen molar-refractivity contribution in [3.05, 3.63) is 47.8 Å². The normalized spacial score (nSPS) is 21.1. The largest absolute Gasteiger partial charge is 0.478 e. The van der Waals surface area contributed by atoms with E-state index in [2.05, 4.69) is 10.4 Å². The Morgan fingerprint density at radius 2 is 2.18 bits per heavy atom. The standard InChI is InChI=1S/C16H19N3O3/c20-15-7-3-5-13(15)17-8-11-9-18-19(10-11)14-6-2-1-4-12(14)16(21)22/h1-2,4,6,9-10,13,15,17,20H,3,5,7-8H2,(H,21,22)/t13-,15-/m1/s1. The number of hydrogen-bond donors (Lipinski definition) is 3. The number of nitrogens with one attached hydrogen (secondary N) is 1. The molecule has 0 unspecified atom stereocenters. The number of carboxylic acid groups (broad SMARTS) is 1. The molecule has 1 aliphatic rings. The van der Waals surface area contributed by atoms with Gasteiger partial charge in [0.2, 0.25) is 0 Å². The molecule has 1 fully saturated rings. The van der Waals surface area contributed by atoms with Gasteiger partial charge in [0.25, 0.3) is 0 Å². The Hall–Kier alpha value is -2.18. The van der Waals surface area contributed by atoms with Crippen molar-refractivity contribution in [1.29, 1.82) is 0 Å². The number of carbonyl (C=O) groups is 1. The summed E-state index contributed by atoms with van der Waals surface area (Å²) in [5.74, 6) is -0.972. The van der Waals surface area contributed by atoms with Gasteiger partial charge in [0.1, 0.15) is 0 Å². The molecule has 0 amide bonds. The molecule has 0 spiro atoms. The zero-order chi connectivity index (χ0) is 15.5. The first kappa shape index (κ1) is 14.7. The first-order valence-electron chi connectivity index (χ1n) is 7.43. The van der Waals surface area contributed by atoms with Crippen molar-refractivity contribution in [2.75, 3.05) is 0 Å². The van der Waals surface area contributed by atoms with Crippen LogP contribution in [0.25, 0.3) is 5.69 Å². The van der Waals surface area contributed by atoms with Crippen molar-refractivity contribution in [3.63, 3.8) is 0 Å². The minimum atomic E-state index is -0.972. The average molecular weight is 301 g/mol. The highest BCUT2D eigenvalue weighted by Gasteiger charge is 2.24. The van der Waals surface area contributed by atoms with Crippen LogP contribution in [0.3, 0.4) is 0 Å². The van der Waals surface area contributed by atoms with Crippen LogP contribution < -0.4 is 5.32 Å². The quantitative estimate of drug-likeness (QED) is 0.780. The topological polar surface area (TPSA) is 87.4 Å². The van der Waals surface area contributed by atoms with Crippen LogP contribution in [0.1, 0.15) is 35.2 Å². The predicted molar refractivity (Wildman–Crippen MR) is 81.0 cm³/mol. The van der Waals surface area contributed by atoms with Crippen molar-refractivity contribution in [1.82, 2.24) is 15.1 Å². The second-order valence-electron chi connectivity index (χ2n) is 5.60. The SMILES string of the molecule is O=C(O)c1ccccc1-n1cc(CN[C@@H]2CCC[C@H]2O)cn1. The lowest BCUT2D eigenvalue weighted by molar-refractivity contribution is 0.0696. The molecule has 3 N–H and O–H groups in total. The van der Waals surface area contributed by atoms with E-state index in [1.165, 1.54) is 0 Å². The van der Waals surface area contributed by atoms with Crippen LogP contribution in [-0.2, 0) is 6.54 Å². The van der Waals surface area contributed by atoms with Gasteiger partial charge in [-0.25, -0.2) is 9.48 Å². The fourth-order valence-corrected chi connectivity index (χ4v) is 2.86. The zero-order valence-corrected chi connectivity index (χ0v) is 12.1. The number of hydrogen-bond acceptors (Lipinski definition) is 4. The Morgan fingerprint density at radius 1 is 1.36 bits per heavy atom. The van der Waals surface area contributed by atoms with E-state index in [-0.39, 0.29) is 17.7 Å². The maximum atomic E-state index is 11.3. The lowest BCUT2D eigenvalue weighted by Crippen LogP contribution is -2.34. The number of nitrogens with zero attached hydrogens (tertiary/aromatic N) is 2. The van der Waals surface area contributed by atoms with Gasteiger partial charge in [-0.2, -0.15) is 5.10 Å². The lowest BCUT2D eigenvalue weighted by atomic mass is 10.2. The summed E-state index contributed by atoms with van der Waals surface area (Å²) in [6.07, 6.45) is 6.13. The minimum absolute atomic E-state index is 0.134. The smallest absolute Gasteiger partial charge is 0.337 e. The monoisotopic (exact) mass is 301 g/mol. The highest BCUT2D eigenvalue weighted by Crippen LogP contribution is 2.19. The van der Waals surface area contributed by atoms with E-state index in [0.717, 1.165) is 24.8 Å². The molecular formula is C16H19N3O3. The summed E-state index contributed by atoms with van der Waals surface area (Å²) in [4.78, 5) is 11.3. The summed E-state index contributed by atoms with van der Waals surface area (Å²) in [5.41, 5.74) is 1.72. The molecule has 0 bridgehead atoms. The molecule has 0 saturated heterocycles. The van der Waals surface area contributed by atoms with E-state index in [9.17, 15) is 15.0 Å². The Labute approximate surface area is 128 Å². The number of aromatic nitrogens is 2. The molecule has 2 aromatic rings. The number of carboxylic acids is 1. The van der Waals surface area contributed by atoms with Gasteiger partial charge in [-0.15, -0.1) is 0 Å². The van der Waals surface area contributed by atoms with Crippen LogP contribution >= 0.6 is 0 Å². The van der Waals surface area contributed by atoms with Gasteiger partial charge in [-0.1, -0.05) is 12.1 Å². The molecule has 2 atom stereocenters. The second kappa shape index (κ2) is 6.29. The Balaban J connectivity index is 1.72. The van der Waals surface area contributed by atoms with E-state index < -0.39 is 5.97 Å². The molecule has 6 heteroatoms. The fraction of sp³-hybridized carbons (Fsp3) is 0.375. The second-order valence-corrected chi connectivity index (χ2v) is 5.60. The Morgan fingerprint density at radius 3 is 2.91 bits per heavy atom. The molecule has 1 saturated carbocycles. The number of aliphatic hydroxyl groups is 1. The number of aromatic carboxylic acids is 1. The summed E-state index contributed by atoms with van der Waals surface area (Å²) in [5, 5.41) is 26.6. The maximum Gasteiger partial charge on any atom is 0.337 e. The third-order valence-corrected chi connectivity index (χ3v) is 4.07. The Kier molecular flexibility index (Phi) is 4.22. The third-order valence-electron chi connectivity index (χ3n) is 4.07. The molecule has 3 rings (SSSR count). The van der Waals surface area contributed by atoms with Crippen LogP contribution in [-0.4, -0.2) is 38.1 Å². The molecule has 0 radical (unpaired) electrons. The van der Waals surface area contributed by atoms with E-state index in [1.54, 1.807) is 35.1 Å². The van der Waals surface area contributed by atoms with Crippen molar-refractivity contribution >= 4 is 5.97 Å². The van der Waals surface area contributed by atoms with Crippen LogP contribution in [0.4, 0.5) is 0 Å². The van der Waals surface area contributed by atoms with E-state index in [4.69, 9.17) is 0 Å². The highest BCUT2D eigenvalue weighted by molar-refractivity contribution is 5.91. The van der Waals surface area contributed by atoms with Gasteiger partial charge >= 0.3 is 5.97 Å². The average Bonchev–Trinajstić information content (AvgIpc) is 3.14. The van der Waals surface area contributed by atoms with Gasteiger partial charge in [0, 0.05) is 24.3 Å². The first-order valence-corrected chi connectivity index (χ1v) is 7.43. The van der Waals surface area contributed by atoms with Gasteiger partial charge in [-0.3, -0.25) is 0 Å². The fourth-order valence-electron chi connectivity index (χ4n) is 2.86. The zero-order valence-electron chi connectivity index (χ0n) is 12.1. The molecule has 1 aliphatic carbocycles. The summed E-state index contributed by atoms with van der Waals surface area (Å²) in [6, 6.07) is 6.91. The predicted octanol–water partition coefficient (Wildman–Crippen LogP) is 1.57. The number of aliphatic hydroxyl groups excluding tert-OH is 1. The highest BCUT2D eigenvalue weighted by atomic mass is 16.4. The summed E-state index contributed by atoms with van der Waals surface area (Å²) in [7, 11) is 0. The van der Waals surface area contributed by atoms with Gasteiger partial charge in [-0.05, 0) is 31.4 Å². The molecule has 22 heavy (non-hydrogen) atoms. The molecule has 6 nitrogen and oxygen atoms in total. The van der Waals surface area contributed by atoms with Crippen LogP contribution in [0, 0.1) is 0 Å². The third kappa shape index (κ3) is 3.03. The van der Waals surface area contributed by atoms with Gasteiger partial charge < -0.3 is 15.5 Å². The first-order chi connectivity index (χ1) is 10.6. The van der Waals surface area contributed by atoms with Gasteiger partial charge in [0.05, 0.1) is 23.6 Å². The Bertz CT molecular complexity index is 668. The molecule has 1 aromatic heterocycles. The van der Waals surface area contributed by atoms with Crippen LogP contribution in [0.2, 0.25) is 0 Å². The maximum absolute atomic E-state index is 11.3. The summed E-state index contributed by atoms with van der Waals surface area (Å²) < 4.78 is 1.57. The molecule has 116 valence electrons. The molecule has 1 aromatic carbocycles. The van der Waals surface area contributed by atoms with Crippen molar-refractivity contribution in [2.45, 2.75) is 38.0 Å². The van der Waals surface area contributed by atoms with Crippen molar-refractivity contribution in [3.8, 4) is 5.69 Å². The van der Waals surface area contributed by atoms with E-state index in [1.807, 2.05) is 6.20 Å². The van der Waals surface area contributed by atoms with Crippen LogP contribution in [0.15, 0.2) is 36.7 Å². The number of rotatable bonds is 5.